The molecule has 9 heteroatoms. The fourth-order valence-corrected chi connectivity index (χ4v) is 3.28. The van der Waals surface area contributed by atoms with Crippen molar-refractivity contribution in [3.63, 3.8) is 0 Å². The molecule has 0 aliphatic carbocycles. The van der Waals surface area contributed by atoms with Crippen LogP contribution in [0, 0.1) is 6.92 Å². The highest BCUT2D eigenvalue weighted by Gasteiger charge is 2.23. The monoisotopic (exact) mass is 412 g/mol. The molecule has 0 saturated carbocycles. The van der Waals surface area contributed by atoms with Gasteiger partial charge in [-0.2, -0.15) is 8.78 Å². The summed E-state index contributed by atoms with van der Waals surface area (Å²) in [5.74, 6) is 0.382. The average Bonchev–Trinajstić information content (AvgIpc) is 3.08. The lowest BCUT2D eigenvalue weighted by Gasteiger charge is -2.16. The van der Waals surface area contributed by atoms with Crippen LogP contribution in [0.3, 0.4) is 0 Å². The number of aromatic nitrogens is 4. The highest BCUT2D eigenvalue weighted by molar-refractivity contribution is 5.60. The molecule has 1 atom stereocenters. The molecule has 3 heterocycles. The van der Waals surface area contributed by atoms with Gasteiger partial charge < -0.3 is 14.6 Å². The fraction of sp³-hybridized carbons (Fsp3) is 0.190. The van der Waals surface area contributed by atoms with Crippen molar-refractivity contribution in [2.75, 3.05) is 7.11 Å². The van der Waals surface area contributed by atoms with Gasteiger partial charge in [0.15, 0.2) is 5.65 Å². The quantitative estimate of drug-likeness (QED) is 0.519. The van der Waals surface area contributed by atoms with Crippen LogP contribution in [-0.2, 0) is 0 Å². The highest BCUT2D eigenvalue weighted by atomic mass is 19.3. The first-order valence-electron chi connectivity index (χ1n) is 9.04. The molecule has 1 unspecified atom stereocenters. The van der Waals surface area contributed by atoms with E-state index in [0.717, 1.165) is 5.56 Å². The number of aliphatic hydroxyl groups is 1. The number of hydrogen-bond donors (Lipinski definition) is 1. The smallest absolute Gasteiger partial charge is 0.387 e. The largest absolute Gasteiger partial charge is 0.481 e. The summed E-state index contributed by atoms with van der Waals surface area (Å²) in [6.45, 7) is -1.27. The van der Waals surface area contributed by atoms with Gasteiger partial charge in [0.1, 0.15) is 11.9 Å². The van der Waals surface area contributed by atoms with Crippen LogP contribution < -0.4 is 9.47 Å². The average molecular weight is 412 g/mol. The normalized spacial score (nSPS) is 12.3. The Morgan fingerprint density at radius 2 is 1.87 bits per heavy atom. The SMILES string of the molecule is COc1ccc(-c2cn3c(C(O)c4ccccc4OC(F)F)c(C)nc3cn2)cn1. The third kappa shape index (κ3) is 3.67. The molecule has 3 aromatic heterocycles. The standard InChI is InChI=1S/C21H18F2N4O3/c1-12-19(20(28)14-5-3-4-6-16(14)30-21(22)23)27-11-15(24-10-17(27)26-12)13-7-8-18(29-2)25-9-13/h3-11,20-21,28H,1-2H3. The number of alkyl halides is 2. The van der Waals surface area contributed by atoms with Crippen molar-refractivity contribution in [3.8, 4) is 22.9 Å². The molecule has 1 N–H and O–H groups in total. The first kappa shape index (κ1) is 19.7. The molecular formula is C21H18F2N4O3. The van der Waals surface area contributed by atoms with Crippen molar-refractivity contribution in [2.24, 2.45) is 0 Å². The molecule has 0 bridgehead atoms. The van der Waals surface area contributed by atoms with Gasteiger partial charge in [-0.1, -0.05) is 18.2 Å². The lowest BCUT2D eigenvalue weighted by molar-refractivity contribution is -0.0513. The van der Waals surface area contributed by atoms with Crippen molar-refractivity contribution in [2.45, 2.75) is 19.6 Å². The van der Waals surface area contributed by atoms with Gasteiger partial charge >= 0.3 is 6.61 Å². The molecule has 4 aromatic rings. The summed E-state index contributed by atoms with van der Waals surface area (Å²) >= 11 is 0. The lowest BCUT2D eigenvalue weighted by Crippen LogP contribution is -2.10. The number of hydrogen-bond acceptors (Lipinski definition) is 6. The number of imidazole rings is 1. The van der Waals surface area contributed by atoms with E-state index in [2.05, 4.69) is 19.7 Å². The number of nitrogens with zero attached hydrogens (tertiary/aromatic N) is 4. The first-order chi connectivity index (χ1) is 14.5. The number of methoxy groups -OCH3 is 1. The maximum atomic E-state index is 12.8. The molecule has 30 heavy (non-hydrogen) atoms. The van der Waals surface area contributed by atoms with Gasteiger partial charge in [-0.15, -0.1) is 0 Å². The minimum absolute atomic E-state index is 0.0945. The van der Waals surface area contributed by atoms with Crippen molar-refractivity contribution in [3.05, 3.63) is 71.9 Å². The summed E-state index contributed by atoms with van der Waals surface area (Å²) in [6.07, 6.45) is 3.68. The third-order valence-electron chi connectivity index (χ3n) is 4.66. The topological polar surface area (TPSA) is 81.8 Å². The predicted molar refractivity (Wildman–Crippen MR) is 105 cm³/mol. The van der Waals surface area contributed by atoms with Crippen LogP contribution in [0.2, 0.25) is 0 Å². The Labute approximate surface area is 170 Å². The molecule has 0 aliphatic heterocycles. The van der Waals surface area contributed by atoms with E-state index in [1.165, 1.54) is 19.2 Å². The van der Waals surface area contributed by atoms with Crippen LogP contribution in [0.1, 0.15) is 23.1 Å². The minimum Gasteiger partial charge on any atom is -0.481 e. The van der Waals surface area contributed by atoms with E-state index >= 15 is 0 Å². The third-order valence-corrected chi connectivity index (χ3v) is 4.66. The molecule has 4 rings (SSSR count). The van der Waals surface area contributed by atoms with Crippen molar-refractivity contribution in [1.29, 1.82) is 0 Å². The van der Waals surface area contributed by atoms with E-state index in [9.17, 15) is 13.9 Å². The van der Waals surface area contributed by atoms with E-state index in [4.69, 9.17) is 4.74 Å². The summed E-state index contributed by atoms with van der Waals surface area (Å²) in [6, 6.07) is 9.66. The molecule has 1 aromatic carbocycles. The van der Waals surface area contributed by atoms with Crippen LogP contribution >= 0.6 is 0 Å². The van der Waals surface area contributed by atoms with Gasteiger partial charge in [-0.3, -0.25) is 9.38 Å². The number of pyridine rings is 1. The van der Waals surface area contributed by atoms with Crippen molar-refractivity contribution >= 4 is 5.65 Å². The Morgan fingerprint density at radius 3 is 2.57 bits per heavy atom. The number of benzene rings is 1. The fourth-order valence-electron chi connectivity index (χ4n) is 3.28. The molecule has 0 spiro atoms. The second-order valence-electron chi connectivity index (χ2n) is 6.49. The molecule has 0 aliphatic rings. The highest BCUT2D eigenvalue weighted by Crippen LogP contribution is 2.33. The Bertz CT molecular complexity index is 1180. The predicted octanol–water partition coefficient (Wildman–Crippen LogP) is 3.79. The van der Waals surface area contributed by atoms with Crippen LogP contribution in [0.5, 0.6) is 11.6 Å². The van der Waals surface area contributed by atoms with Crippen LogP contribution in [0.25, 0.3) is 16.9 Å². The van der Waals surface area contributed by atoms with E-state index in [1.807, 2.05) is 6.07 Å². The molecule has 154 valence electrons. The van der Waals surface area contributed by atoms with E-state index in [-0.39, 0.29) is 11.3 Å². The van der Waals surface area contributed by atoms with E-state index in [1.54, 1.807) is 48.1 Å². The summed E-state index contributed by atoms with van der Waals surface area (Å²) in [5, 5.41) is 11.0. The minimum atomic E-state index is -3.00. The molecule has 0 radical (unpaired) electrons. The van der Waals surface area contributed by atoms with Crippen LogP contribution in [0.15, 0.2) is 55.0 Å². The summed E-state index contributed by atoms with van der Waals surface area (Å²) in [7, 11) is 1.53. The second-order valence-corrected chi connectivity index (χ2v) is 6.49. The number of fused-ring (bicyclic) bond motifs is 1. The maximum absolute atomic E-state index is 12.8. The lowest BCUT2D eigenvalue weighted by atomic mass is 10.0. The number of halogens is 2. The summed E-state index contributed by atoms with van der Waals surface area (Å²) in [5.41, 5.74) is 3.04. The van der Waals surface area contributed by atoms with Crippen LogP contribution in [0.4, 0.5) is 8.78 Å². The zero-order valence-electron chi connectivity index (χ0n) is 16.2. The number of para-hydroxylation sites is 1. The van der Waals surface area contributed by atoms with Gasteiger partial charge in [0.2, 0.25) is 5.88 Å². The molecule has 0 fully saturated rings. The molecule has 0 saturated heterocycles. The Kier molecular flexibility index (Phi) is 5.28. The maximum Gasteiger partial charge on any atom is 0.387 e. The zero-order chi connectivity index (χ0) is 21.3. The van der Waals surface area contributed by atoms with Crippen molar-refractivity contribution in [1.82, 2.24) is 19.4 Å². The number of ether oxygens (including phenoxy) is 2. The van der Waals surface area contributed by atoms with Gasteiger partial charge in [0, 0.05) is 29.6 Å². The zero-order valence-corrected chi connectivity index (χ0v) is 16.2. The molecule has 7 nitrogen and oxygen atoms in total. The van der Waals surface area contributed by atoms with Gasteiger partial charge in [-0.05, 0) is 19.1 Å². The van der Waals surface area contributed by atoms with Gasteiger partial charge in [0.05, 0.1) is 30.4 Å². The molecular weight excluding hydrogens is 394 g/mol. The number of aryl methyl sites for hydroxylation is 1. The Balaban J connectivity index is 1.80. The Hall–Kier alpha value is -3.59. The Morgan fingerprint density at radius 1 is 1.07 bits per heavy atom. The van der Waals surface area contributed by atoms with Crippen LogP contribution in [-0.4, -0.2) is 38.2 Å². The second kappa shape index (κ2) is 8.03. The first-order valence-corrected chi connectivity index (χ1v) is 9.04. The van der Waals surface area contributed by atoms with Gasteiger partial charge in [0.25, 0.3) is 0 Å². The summed E-state index contributed by atoms with van der Waals surface area (Å²) < 4.78 is 36.9. The summed E-state index contributed by atoms with van der Waals surface area (Å²) in [4.78, 5) is 13.0. The number of rotatable bonds is 6. The number of aliphatic hydroxyl groups excluding tert-OH is 1. The molecule has 0 amide bonds. The van der Waals surface area contributed by atoms with E-state index < -0.39 is 12.7 Å². The van der Waals surface area contributed by atoms with E-state index in [0.29, 0.717) is 28.6 Å². The van der Waals surface area contributed by atoms with Gasteiger partial charge in [-0.25, -0.2) is 9.97 Å². The van der Waals surface area contributed by atoms with Crippen molar-refractivity contribution < 1.29 is 23.4 Å².